The van der Waals surface area contributed by atoms with Crippen molar-refractivity contribution in [3.63, 3.8) is 0 Å². The van der Waals surface area contributed by atoms with Gasteiger partial charge in [0.05, 0.1) is 14.2 Å². The number of methoxy groups -OCH3 is 2. The van der Waals surface area contributed by atoms with Gasteiger partial charge in [-0.3, -0.25) is 4.79 Å². The van der Waals surface area contributed by atoms with Gasteiger partial charge in [-0.15, -0.1) is 0 Å². The lowest BCUT2D eigenvalue weighted by Crippen LogP contribution is -2.26. The first-order chi connectivity index (χ1) is 11.0. The molecule has 1 amide bonds. The van der Waals surface area contributed by atoms with E-state index in [1.807, 2.05) is 6.92 Å². The van der Waals surface area contributed by atoms with Gasteiger partial charge in [0, 0.05) is 12.1 Å². The summed E-state index contributed by atoms with van der Waals surface area (Å²) in [4.78, 5) is 12.3. The number of hydrogen-bond donors (Lipinski definition) is 1. The van der Waals surface area contributed by atoms with Gasteiger partial charge < -0.3 is 14.8 Å². The summed E-state index contributed by atoms with van der Waals surface area (Å²) in [5.74, 6) is 0.666. The molecule has 0 aliphatic heterocycles. The second-order valence-electron chi connectivity index (χ2n) is 5.15. The molecule has 0 aromatic heterocycles. The van der Waals surface area contributed by atoms with Crippen LogP contribution in [0.15, 0.2) is 36.4 Å². The van der Waals surface area contributed by atoms with Crippen LogP contribution in [-0.4, -0.2) is 26.7 Å². The Hall–Kier alpha value is -2.56. The number of carbonyl (C=O) groups is 1. The summed E-state index contributed by atoms with van der Waals surface area (Å²) in [6.45, 7) is 2.31. The summed E-state index contributed by atoms with van der Waals surface area (Å²) < 4.78 is 23.3. The average molecular weight is 317 g/mol. The molecule has 4 nitrogen and oxygen atoms in total. The van der Waals surface area contributed by atoms with Crippen molar-refractivity contribution in [3.05, 3.63) is 58.9 Å². The third-order valence-corrected chi connectivity index (χ3v) is 3.59. The minimum absolute atomic E-state index is 0.175. The second kappa shape index (κ2) is 7.63. The highest BCUT2D eigenvalue weighted by atomic mass is 19.1. The predicted molar refractivity (Wildman–Crippen MR) is 86.7 cm³/mol. The maximum atomic E-state index is 12.8. The maximum absolute atomic E-state index is 12.8. The fourth-order valence-electron chi connectivity index (χ4n) is 2.29. The van der Waals surface area contributed by atoms with E-state index >= 15 is 0 Å². The van der Waals surface area contributed by atoms with Crippen LogP contribution in [0.1, 0.15) is 21.5 Å². The molecule has 0 heterocycles. The molecule has 1 N–H and O–H groups in total. The predicted octanol–water partition coefficient (Wildman–Crippen LogP) is 3.12. The molecule has 0 aliphatic carbocycles. The maximum Gasteiger partial charge on any atom is 0.251 e. The fraction of sp³-hybridized carbons (Fsp3) is 0.278. The number of aryl methyl sites for hydroxylation is 1. The number of halogens is 1. The Kier molecular flexibility index (Phi) is 5.57. The molecule has 122 valence electrons. The highest BCUT2D eigenvalue weighted by Crippen LogP contribution is 2.30. The van der Waals surface area contributed by atoms with Gasteiger partial charge in [-0.05, 0) is 48.7 Å². The van der Waals surface area contributed by atoms with Crippen LogP contribution in [-0.2, 0) is 6.42 Å². The number of ether oxygens (including phenoxy) is 2. The summed E-state index contributed by atoms with van der Waals surface area (Å²) in [5.41, 5.74) is 2.32. The van der Waals surface area contributed by atoms with Gasteiger partial charge in [0.15, 0.2) is 11.5 Å². The second-order valence-corrected chi connectivity index (χ2v) is 5.15. The summed E-state index contributed by atoms with van der Waals surface area (Å²) in [7, 11) is 3.09. The Morgan fingerprint density at radius 3 is 2.30 bits per heavy atom. The zero-order chi connectivity index (χ0) is 16.8. The lowest BCUT2D eigenvalue weighted by Gasteiger charge is -2.13. The molecule has 5 heteroatoms. The smallest absolute Gasteiger partial charge is 0.251 e. The van der Waals surface area contributed by atoms with Crippen molar-refractivity contribution in [2.45, 2.75) is 13.3 Å². The molecule has 2 aromatic carbocycles. The molecule has 0 aliphatic rings. The van der Waals surface area contributed by atoms with Crippen molar-refractivity contribution >= 4 is 5.91 Å². The normalized spacial score (nSPS) is 10.3. The van der Waals surface area contributed by atoms with E-state index in [4.69, 9.17) is 9.47 Å². The number of hydrogen-bond acceptors (Lipinski definition) is 3. The van der Waals surface area contributed by atoms with E-state index in [9.17, 15) is 9.18 Å². The Morgan fingerprint density at radius 2 is 1.70 bits per heavy atom. The van der Waals surface area contributed by atoms with E-state index in [0.29, 0.717) is 30.0 Å². The summed E-state index contributed by atoms with van der Waals surface area (Å²) >= 11 is 0. The van der Waals surface area contributed by atoms with Gasteiger partial charge >= 0.3 is 0 Å². The molecule has 0 fully saturated rings. The number of benzene rings is 2. The Labute approximate surface area is 135 Å². The molecule has 2 aromatic rings. The van der Waals surface area contributed by atoms with Gasteiger partial charge in [-0.25, -0.2) is 4.39 Å². The zero-order valence-corrected chi connectivity index (χ0v) is 13.5. The van der Waals surface area contributed by atoms with Crippen LogP contribution < -0.4 is 14.8 Å². The third kappa shape index (κ3) is 4.22. The van der Waals surface area contributed by atoms with E-state index in [-0.39, 0.29) is 11.7 Å². The topological polar surface area (TPSA) is 47.6 Å². The SMILES string of the molecule is COc1cc(C)c(C(=O)NCCc2ccc(F)cc2)cc1OC. The fourth-order valence-corrected chi connectivity index (χ4v) is 2.29. The standard InChI is InChI=1S/C18H20FNO3/c1-12-10-16(22-2)17(23-3)11-15(12)18(21)20-9-8-13-4-6-14(19)7-5-13/h4-7,10-11H,8-9H2,1-3H3,(H,20,21). The molecular formula is C18H20FNO3. The van der Waals surface area contributed by atoms with Crippen molar-refractivity contribution in [2.24, 2.45) is 0 Å². The first kappa shape index (κ1) is 16.8. The van der Waals surface area contributed by atoms with Crippen LogP contribution >= 0.6 is 0 Å². The highest BCUT2D eigenvalue weighted by molar-refractivity contribution is 5.96. The van der Waals surface area contributed by atoms with Crippen molar-refractivity contribution in [3.8, 4) is 11.5 Å². The van der Waals surface area contributed by atoms with E-state index < -0.39 is 0 Å². The van der Waals surface area contributed by atoms with Crippen LogP contribution in [0.4, 0.5) is 4.39 Å². The highest BCUT2D eigenvalue weighted by Gasteiger charge is 2.14. The number of rotatable bonds is 6. The molecule has 0 unspecified atom stereocenters. The molecule has 0 bridgehead atoms. The molecule has 23 heavy (non-hydrogen) atoms. The quantitative estimate of drug-likeness (QED) is 0.890. The first-order valence-corrected chi connectivity index (χ1v) is 7.30. The molecule has 0 spiro atoms. The lowest BCUT2D eigenvalue weighted by atomic mass is 10.1. The van der Waals surface area contributed by atoms with E-state index in [1.165, 1.54) is 19.2 Å². The minimum atomic E-state index is -0.265. The van der Waals surface area contributed by atoms with Crippen LogP contribution in [0.2, 0.25) is 0 Å². The van der Waals surface area contributed by atoms with E-state index in [0.717, 1.165) is 11.1 Å². The molecule has 0 saturated heterocycles. The number of nitrogens with one attached hydrogen (secondary N) is 1. The third-order valence-electron chi connectivity index (χ3n) is 3.59. The summed E-state index contributed by atoms with van der Waals surface area (Å²) in [5, 5.41) is 2.86. The van der Waals surface area contributed by atoms with Gasteiger partial charge in [0.25, 0.3) is 5.91 Å². The largest absolute Gasteiger partial charge is 0.493 e. The monoisotopic (exact) mass is 317 g/mol. The van der Waals surface area contributed by atoms with Crippen molar-refractivity contribution in [2.75, 3.05) is 20.8 Å². The van der Waals surface area contributed by atoms with E-state index in [2.05, 4.69) is 5.32 Å². The molecule has 2 rings (SSSR count). The molecule has 0 radical (unpaired) electrons. The number of amides is 1. The van der Waals surface area contributed by atoms with Gasteiger partial charge in [-0.1, -0.05) is 12.1 Å². The van der Waals surface area contributed by atoms with Crippen molar-refractivity contribution in [1.29, 1.82) is 0 Å². The first-order valence-electron chi connectivity index (χ1n) is 7.30. The molecule has 0 saturated carbocycles. The Balaban J connectivity index is 2.01. The zero-order valence-electron chi connectivity index (χ0n) is 13.5. The average Bonchev–Trinajstić information content (AvgIpc) is 2.56. The van der Waals surface area contributed by atoms with Gasteiger partial charge in [-0.2, -0.15) is 0 Å². The molecule has 0 atom stereocenters. The number of carbonyl (C=O) groups excluding carboxylic acids is 1. The van der Waals surface area contributed by atoms with Crippen molar-refractivity contribution < 1.29 is 18.7 Å². The Bertz CT molecular complexity index is 683. The van der Waals surface area contributed by atoms with Gasteiger partial charge in [0.1, 0.15) is 5.82 Å². The van der Waals surface area contributed by atoms with Crippen LogP contribution in [0.3, 0.4) is 0 Å². The minimum Gasteiger partial charge on any atom is -0.493 e. The van der Waals surface area contributed by atoms with Crippen LogP contribution in [0.25, 0.3) is 0 Å². The van der Waals surface area contributed by atoms with E-state index in [1.54, 1.807) is 31.4 Å². The lowest BCUT2D eigenvalue weighted by molar-refractivity contribution is 0.0953. The molecular weight excluding hydrogens is 297 g/mol. The van der Waals surface area contributed by atoms with Gasteiger partial charge in [0.2, 0.25) is 0 Å². The Morgan fingerprint density at radius 1 is 1.09 bits per heavy atom. The summed E-state index contributed by atoms with van der Waals surface area (Å²) in [6.07, 6.45) is 0.637. The summed E-state index contributed by atoms with van der Waals surface area (Å²) in [6, 6.07) is 9.69. The van der Waals surface area contributed by atoms with Crippen LogP contribution in [0, 0.1) is 12.7 Å². The van der Waals surface area contributed by atoms with Crippen molar-refractivity contribution in [1.82, 2.24) is 5.32 Å². The van der Waals surface area contributed by atoms with Crippen LogP contribution in [0.5, 0.6) is 11.5 Å².